The van der Waals surface area contributed by atoms with Crippen molar-refractivity contribution in [2.45, 2.75) is 20.4 Å². The number of guanidine groups is 1. The Morgan fingerprint density at radius 3 is 2.70 bits per heavy atom. The van der Waals surface area contributed by atoms with Crippen LogP contribution in [0.3, 0.4) is 0 Å². The van der Waals surface area contributed by atoms with Crippen LogP contribution in [-0.4, -0.2) is 42.0 Å². The molecular weight excluding hydrogens is 290 g/mol. The lowest BCUT2D eigenvalue weighted by Crippen LogP contribution is -2.39. The van der Waals surface area contributed by atoms with E-state index in [1.54, 1.807) is 6.20 Å². The van der Waals surface area contributed by atoms with Crippen molar-refractivity contribution in [2.75, 3.05) is 26.3 Å². The molecule has 0 aliphatic heterocycles. The summed E-state index contributed by atoms with van der Waals surface area (Å²) in [5.41, 5.74) is 2.20. The molecule has 23 heavy (non-hydrogen) atoms. The molecule has 0 amide bonds. The number of nitrogens with one attached hydrogen (secondary N) is 2. The van der Waals surface area contributed by atoms with Crippen LogP contribution in [0.5, 0.6) is 0 Å². The van der Waals surface area contributed by atoms with Gasteiger partial charge in [0.1, 0.15) is 0 Å². The van der Waals surface area contributed by atoms with Gasteiger partial charge in [0.25, 0.3) is 0 Å². The van der Waals surface area contributed by atoms with Crippen LogP contribution in [-0.2, 0) is 11.3 Å². The molecule has 2 aromatic rings. The number of hydrogen-bond acceptors (Lipinski definition) is 3. The van der Waals surface area contributed by atoms with Gasteiger partial charge >= 0.3 is 0 Å². The van der Waals surface area contributed by atoms with Crippen LogP contribution in [0.2, 0.25) is 0 Å². The van der Waals surface area contributed by atoms with E-state index in [4.69, 9.17) is 4.74 Å². The summed E-state index contributed by atoms with van der Waals surface area (Å²) in [6.07, 6.45) is 3.70. The number of nitrogens with zero attached hydrogens (tertiary/aromatic N) is 3. The number of aromatic nitrogens is 2. The van der Waals surface area contributed by atoms with Gasteiger partial charge in [-0.25, -0.2) is 9.67 Å². The molecule has 0 radical (unpaired) electrons. The fourth-order valence-electron chi connectivity index (χ4n) is 2.07. The Morgan fingerprint density at radius 2 is 2.04 bits per heavy atom. The highest BCUT2D eigenvalue weighted by molar-refractivity contribution is 5.79. The molecule has 1 aromatic carbocycles. The summed E-state index contributed by atoms with van der Waals surface area (Å²) in [4.78, 5) is 4.59. The fourth-order valence-corrected chi connectivity index (χ4v) is 2.07. The molecule has 124 valence electrons. The smallest absolute Gasteiger partial charge is 0.191 e. The van der Waals surface area contributed by atoms with Gasteiger partial charge in [-0.2, -0.15) is 5.10 Å². The molecule has 0 unspecified atom stereocenters. The lowest BCUT2D eigenvalue weighted by Gasteiger charge is -2.11. The van der Waals surface area contributed by atoms with Gasteiger partial charge in [-0.15, -0.1) is 0 Å². The molecule has 1 aromatic heterocycles. The van der Waals surface area contributed by atoms with Crippen molar-refractivity contribution in [3.8, 4) is 5.69 Å². The molecule has 0 saturated heterocycles. The minimum atomic E-state index is 0.628. The van der Waals surface area contributed by atoms with Crippen LogP contribution >= 0.6 is 0 Å². The Balaban J connectivity index is 1.90. The second kappa shape index (κ2) is 9.63. The summed E-state index contributed by atoms with van der Waals surface area (Å²) >= 11 is 0. The average Bonchev–Trinajstić information content (AvgIpc) is 3.11. The normalized spacial score (nSPS) is 11.5. The SMILES string of the molecule is CCNC(=NCc1ccc(-n2cccn2)cc1)NCCOCC. The second-order valence-electron chi connectivity index (χ2n) is 4.94. The van der Waals surface area contributed by atoms with Gasteiger partial charge in [0.15, 0.2) is 5.96 Å². The largest absolute Gasteiger partial charge is 0.380 e. The van der Waals surface area contributed by atoms with Gasteiger partial charge in [-0.05, 0) is 37.6 Å². The molecule has 2 N–H and O–H groups in total. The van der Waals surface area contributed by atoms with E-state index in [1.165, 1.54) is 0 Å². The maximum absolute atomic E-state index is 5.32. The second-order valence-corrected chi connectivity index (χ2v) is 4.94. The van der Waals surface area contributed by atoms with Crippen molar-refractivity contribution in [3.05, 3.63) is 48.3 Å². The molecule has 1 heterocycles. The van der Waals surface area contributed by atoms with Crippen LogP contribution in [0.25, 0.3) is 5.69 Å². The van der Waals surface area contributed by atoms with Crippen LogP contribution in [0.4, 0.5) is 0 Å². The third-order valence-electron chi connectivity index (χ3n) is 3.21. The van der Waals surface area contributed by atoms with E-state index in [1.807, 2.05) is 36.0 Å². The van der Waals surface area contributed by atoms with Crippen molar-refractivity contribution in [2.24, 2.45) is 4.99 Å². The van der Waals surface area contributed by atoms with E-state index in [9.17, 15) is 0 Å². The molecule has 6 heteroatoms. The van der Waals surface area contributed by atoms with Crippen molar-refractivity contribution >= 4 is 5.96 Å². The highest BCUT2D eigenvalue weighted by atomic mass is 16.5. The van der Waals surface area contributed by atoms with E-state index in [0.717, 1.165) is 36.9 Å². The number of hydrogen-bond donors (Lipinski definition) is 2. The first-order valence-electron chi connectivity index (χ1n) is 8.02. The van der Waals surface area contributed by atoms with Gasteiger partial charge in [0.2, 0.25) is 0 Å². The molecular formula is C17H25N5O. The molecule has 0 aliphatic carbocycles. The maximum atomic E-state index is 5.32. The topological polar surface area (TPSA) is 63.5 Å². The number of rotatable bonds is 8. The highest BCUT2D eigenvalue weighted by Crippen LogP contribution is 2.09. The van der Waals surface area contributed by atoms with Gasteiger partial charge in [-0.3, -0.25) is 0 Å². The Labute approximate surface area is 137 Å². The Bertz CT molecular complexity index is 578. The number of ether oxygens (including phenoxy) is 1. The number of benzene rings is 1. The summed E-state index contributed by atoms with van der Waals surface area (Å²) in [6, 6.07) is 10.2. The third-order valence-corrected chi connectivity index (χ3v) is 3.21. The number of aliphatic imine (C=N–C) groups is 1. The molecule has 0 atom stereocenters. The molecule has 0 fully saturated rings. The zero-order valence-electron chi connectivity index (χ0n) is 13.8. The van der Waals surface area contributed by atoms with E-state index in [-0.39, 0.29) is 0 Å². The monoisotopic (exact) mass is 315 g/mol. The Morgan fingerprint density at radius 1 is 1.22 bits per heavy atom. The Hall–Kier alpha value is -2.34. The van der Waals surface area contributed by atoms with Gasteiger partial charge < -0.3 is 15.4 Å². The third kappa shape index (κ3) is 5.75. The minimum Gasteiger partial charge on any atom is -0.380 e. The predicted molar refractivity (Wildman–Crippen MR) is 92.9 cm³/mol. The van der Waals surface area contributed by atoms with E-state index in [2.05, 4.69) is 39.8 Å². The van der Waals surface area contributed by atoms with Crippen molar-refractivity contribution in [1.82, 2.24) is 20.4 Å². The summed E-state index contributed by atoms with van der Waals surface area (Å²) in [6.45, 7) is 7.67. The first-order valence-corrected chi connectivity index (χ1v) is 8.02. The average molecular weight is 315 g/mol. The maximum Gasteiger partial charge on any atom is 0.191 e. The molecule has 6 nitrogen and oxygen atoms in total. The first kappa shape index (κ1) is 17.0. The first-order chi connectivity index (χ1) is 11.3. The lowest BCUT2D eigenvalue weighted by atomic mass is 10.2. The van der Waals surface area contributed by atoms with Gasteiger partial charge in [0, 0.05) is 32.1 Å². The van der Waals surface area contributed by atoms with Crippen molar-refractivity contribution < 1.29 is 4.74 Å². The van der Waals surface area contributed by atoms with E-state index < -0.39 is 0 Å². The Kier molecular flexibility index (Phi) is 7.13. The summed E-state index contributed by atoms with van der Waals surface area (Å²) < 4.78 is 7.16. The standard InChI is InChI=1S/C17H25N5O/c1-3-18-17(19-11-13-23-4-2)20-14-15-6-8-16(9-7-15)22-12-5-10-21-22/h5-10,12H,3-4,11,13-14H2,1-2H3,(H2,18,19,20). The van der Waals surface area contributed by atoms with Crippen LogP contribution in [0, 0.1) is 0 Å². The van der Waals surface area contributed by atoms with Crippen LogP contribution < -0.4 is 10.6 Å². The van der Waals surface area contributed by atoms with Crippen molar-refractivity contribution in [3.63, 3.8) is 0 Å². The zero-order valence-corrected chi connectivity index (χ0v) is 13.8. The highest BCUT2D eigenvalue weighted by Gasteiger charge is 1.99. The van der Waals surface area contributed by atoms with Crippen molar-refractivity contribution in [1.29, 1.82) is 0 Å². The molecule has 0 bridgehead atoms. The van der Waals surface area contributed by atoms with E-state index in [0.29, 0.717) is 13.2 Å². The summed E-state index contributed by atoms with van der Waals surface area (Å²) in [5, 5.41) is 10.7. The molecule has 0 aliphatic rings. The summed E-state index contributed by atoms with van der Waals surface area (Å²) in [7, 11) is 0. The predicted octanol–water partition coefficient (Wildman–Crippen LogP) is 1.96. The molecule has 0 saturated carbocycles. The summed E-state index contributed by atoms with van der Waals surface area (Å²) in [5.74, 6) is 0.809. The zero-order chi connectivity index (χ0) is 16.3. The lowest BCUT2D eigenvalue weighted by molar-refractivity contribution is 0.152. The fraction of sp³-hybridized carbons (Fsp3) is 0.412. The van der Waals surface area contributed by atoms with Crippen LogP contribution in [0.15, 0.2) is 47.7 Å². The van der Waals surface area contributed by atoms with Gasteiger partial charge in [0.05, 0.1) is 18.8 Å². The molecule has 2 rings (SSSR count). The quantitative estimate of drug-likeness (QED) is 0.444. The van der Waals surface area contributed by atoms with Crippen LogP contribution in [0.1, 0.15) is 19.4 Å². The molecule has 0 spiro atoms. The minimum absolute atomic E-state index is 0.628. The van der Waals surface area contributed by atoms with Gasteiger partial charge in [-0.1, -0.05) is 12.1 Å². The van der Waals surface area contributed by atoms with E-state index >= 15 is 0 Å².